The van der Waals surface area contributed by atoms with Crippen molar-refractivity contribution in [3.63, 3.8) is 0 Å². The number of hydrogen-bond donors (Lipinski definition) is 1. The van der Waals surface area contributed by atoms with Crippen LogP contribution in [0.2, 0.25) is 0 Å². The van der Waals surface area contributed by atoms with Gasteiger partial charge in [-0.25, -0.2) is 4.39 Å². The van der Waals surface area contributed by atoms with Crippen molar-refractivity contribution in [2.75, 3.05) is 6.61 Å². The van der Waals surface area contributed by atoms with Gasteiger partial charge in [0.1, 0.15) is 11.9 Å². The van der Waals surface area contributed by atoms with Gasteiger partial charge in [0.2, 0.25) is 0 Å². The third kappa shape index (κ3) is 2.98. The van der Waals surface area contributed by atoms with Crippen molar-refractivity contribution in [3.8, 4) is 0 Å². The number of benzene rings is 1. The maximum Gasteiger partial charge on any atom is 0.123 e. The Bertz CT molecular complexity index is 419. The monoisotopic (exact) mass is 266 g/mol. The van der Waals surface area contributed by atoms with Crippen molar-refractivity contribution in [2.24, 2.45) is 0 Å². The summed E-state index contributed by atoms with van der Waals surface area (Å²) in [4.78, 5) is 0. The molecule has 1 N–H and O–H groups in total. The van der Waals surface area contributed by atoms with Crippen molar-refractivity contribution in [3.05, 3.63) is 35.1 Å². The molecular weight excluding hydrogens is 243 g/mol. The molecule has 1 aliphatic carbocycles. The van der Waals surface area contributed by atoms with Gasteiger partial charge in [-0.3, -0.25) is 0 Å². The van der Waals surface area contributed by atoms with Crippen LogP contribution in [0.25, 0.3) is 0 Å². The van der Waals surface area contributed by atoms with Gasteiger partial charge in [0.25, 0.3) is 0 Å². The van der Waals surface area contributed by atoms with Crippen LogP contribution in [-0.4, -0.2) is 17.3 Å². The van der Waals surface area contributed by atoms with Crippen molar-refractivity contribution in [2.45, 2.75) is 57.7 Å². The van der Waals surface area contributed by atoms with Crippen LogP contribution in [0.4, 0.5) is 4.39 Å². The SMILES string of the molecule is CCOC1(C(O)c2ccc(F)cc2C)CCCCC1. The van der Waals surface area contributed by atoms with Crippen LogP contribution in [0, 0.1) is 12.7 Å². The van der Waals surface area contributed by atoms with E-state index in [-0.39, 0.29) is 5.82 Å². The molecule has 0 amide bonds. The second kappa shape index (κ2) is 6.02. The zero-order valence-electron chi connectivity index (χ0n) is 11.8. The Morgan fingerprint density at radius 2 is 2.00 bits per heavy atom. The molecule has 2 rings (SSSR count). The van der Waals surface area contributed by atoms with E-state index in [0.717, 1.165) is 36.8 Å². The minimum absolute atomic E-state index is 0.262. The lowest BCUT2D eigenvalue weighted by Gasteiger charge is -2.41. The van der Waals surface area contributed by atoms with E-state index in [1.54, 1.807) is 6.07 Å². The van der Waals surface area contributed by atoms with Gasteiger partial charge in [0.05, 0.1) is 5.60 Å². The van der Waals surface area contributed by atoms with E-state index in [1.807, 2.05) is 13.8 Å². The van der Waals surface area contributed by atoms with Crippen molar-refractivity contribution >= 4 is 0 Å². The third-order valence-electron chi connectivity index (χ3n) is 4.16. The Balaban J connectivity index is 2.30. The van der Waals surface area contributed by atoms with Gasteiger partial charge in [0, 0.05) is 6.61 Å². The molecule has 0 aromatic heterocycles. The van der Waals surface area contributed by atoms with Gasteiger partial charge in [-0.15, -0.1) is 0 Å². The summed E-state index contributed by atoms with van der Waals surface area (Å²) < 4.78 is 19.1. The molecule has 0 heterocycles. The molecule has 0 spiro atoms. The largest absolute Gasteiger partial charge is 0.385 e. The van der Waals surface area contributed by atoms with Crippen LogP contribution < -0.4 is 0 Å². The highest BCUT2D eigenvalue weighted by Crippen LogP contribution is 2.42. The first kappa shape index (κ1) is 14.5. The normalized spacial score (nSPS) is 20.2. The summed E-state index contributed by atoms with van der Waals surface area (Å²) >= 11 is 0. The molecule has 1 aromatic rings. The number of halogens is 1. The lowest BCUT2D eigenvalue weighted by Crippen LogP contribution is -2.41. The van der Waals surface area contributed by atoms with Gasteiger partial charge in [-0.1, -0.05) is 25.3 Å². The van der Waals surface area contributed by atoms with Crippen LogP contribution >= 0.6 is 0 Å². The Labute approximate surface area is 114 Å². The third-order valence-corrected chi connectivity index (χ3v) is 4.16. The van der Waals surface area contributed by atoms with Crippen LogP contribution in [0.5, 0.6) is 0 Å². The van der Waals surface area contributed by atoms with E-state index in [9.17, 15) is 9.50 Å². The Morgan fingerprint density at radius 3 is 2.58 bits per heavy atom. The molecular formula is C16H23FO2. The highest BCUT2D eigenvalue weighted by molar-refractivity contribution is 5.30. The number of aliphatic hydroxyl groups is 1. The molecule has 19 heavy (non-hydrogen) atoms. The minimum atomic E-state index is -0.673. The maximum atomic E-state index is 13.2. The fourth-order valence-electron chi connectivity index (χ4n) is 3.16. The topological polar surface area (TPSA) is 29.5 Å². The molecule has 3 heteroatoms. The summed E-state index contributed by atoms with van der Waals surface area (Å²) in [5.74, 6) is -0.262. The van der Waals surface area contributed by atoms with E-state index in [4.69, 9.17) is 4.74 Å². The minimum Gasteiger partial charge on any atom is -0.385 e. The number of ether oxygens (including phenoxy) is 1. The molecule has 1 aliphatic rings. The van der Waals surface area contributed by atoms with Crippen LogP contribution in [0.3, 0.4) is 0 Å². The molecule has 106 valence electrons. The first-order valence-corrected chi connectivity index (χ1v) is 7.17. The van der Waals surface area contributed by atoms with Crippen molar-refractivity contribution < 1.29 is 14.2 Å². The fourth-order valence-corrected chi connectivity index (χ4v) is 3.16. The zero-order valence-corrected chi connectivity index (χ0v) is 11.8. The fraction of sp³-hybridized carbons (Fsp3) is 0.625. The predicted octanol–water partition coefficient (Wildman–Crippen LogP) is 3.91. The quantitative estimate of drug-likeness (QED) is 0.895. The van der Waals surface area contributed by atoms with E-state index >= 15 is 0 Å². The Kier molecular flexibility index (Phi) is 4.58. The van der Waals surface area contributed by atoms with E-state index in [0.29, 0.717) is 6.61 Å². The summed E-state index contributed by atoms with van der Waals surface area (Å²) in [5, 5.41) is 10.8. The molecule has 0 radical (unpaired) electrons. The number of rotatable bonds is 4. The molecule has 1 aromatic carbocycles. The maximum absolute atomic E-state index is 13.2. The predicted molar refractivity (Wildman–Crippen MR) is 73.5 cm³/mol. The number of aryl methyl sites for hydroxylation is 1. The molecule has 1 fully saturated rings. The highest BCUT2D eigenvalue weighted by Gasteiger charge is 2.41. The second-order valence-electron chi connectivity index (χ2n) is 5.46. The smallest absolute Gasteiger partial charge is 0.123 e. The standard InChI is InChI=1S/C16H23FO2/c1-3-19-16(9-5-4-6-10-16)15(18)14-8-7-13(17)11-12(14)2/h7-8,11,15,18H,3-6,9-10H2,1-2H3. The Hall–Kier alpha value is -0.930. The summed E-state index contributed by atoms with van der Waals surface area (Å²) in [6.45, 7) is 4.39. The molecule has 1 unspecified atom stereocenters. The van der Waals surface area contributed by atoms with E-state index in [2.05, 4.69) is 0 Å². The number of aliphatic hydroxyl groups excluding tert-OH is 1. The lowest BCUT2D eigenvalue weighted by molar-refractivity contribution is -0.142. The van der Waals surface area contributed by atoms with Crippen molar-refractivity contribution in [1.82, 2.24) is 0 Å². The average Bonchev–Trinajstić information content (AvgIpc) is 2.39. The van der Waals surface area contributed by atoms with Crippen molar-refractivity contribution in [1.29, 1.82) is 0 Å². The summed E-state index contributed by atoms with van der Waals surface area (Å²) in [6.07, 6.45) is 4.43. The van der Waals surface area contributed by atoms with Crippen LogP contribution in [0.15, 0.2) is 18.2 Å². The summed E-state index contributed by atoms with van der Waals surface area (Å²) in [6, 6.07) is 4.57. The van der Waals surface area contributed by atoms with Gasteiger partial charge >= 0.3 is 0 Å². The van der Waals surface area contributed by atoms with E-state index < -0.39 is 11.7 Å². The van der Waals surface area contributed by atoms with Crippen LogP contribution in [-0.2, 0) is 4.74 Å². The first-order valence-electron chi connectivity index (χ1n) is 7.17. The summed E-state index contributed by atoms with van der Waals surface area (Å²) in [7, 11) is 0. The summed E-state index contributed by atoms with van der Waals surface area (Å²) in [5.41, 5.74) is 1.09. The highest BCUT2D eigenvalue weighted by atomic mass is 19.1. The molecule has 1 saturated carbocycles. The molecule has 0 bridgehead atoms. The molecule has 1 atom stereocenters. The lowest BCUT2D eigenvalue weighted by atomic mass is 9.77. The average molecular weight is 266 g/mol. The molecule has 0 saturated heterocycles. The van der Waals surface area contributed by atoms with Gasteiger partial charge in [-0.2, -0.15) is 0 Å². The Morgan fingerprint density at radius 1 is 1.32 bits per heavy atom. The second-order valence-corrected chi connectivity index (χ2v) is 5.46. The van der Waals surface area contributed by atoms with Gasteiger partial charge in [-0.05, 0) is 49.9 Å². The number of hydrogen-bond acceptors (Lipinski definition) is 2. The first-order chi connectivity index (χ1) is 9.09. The van der Waals surface area contributed by atoms with Crippen LogP contribution in [0.1, 0.15) is 56.3 Å². The molecule has 0 aliphatic heterocycles. The molecule has 2 nitrogen and oxygen atoms in total. The van der Waals surface area contributed by atoms with E-state index in [1.165, 1.54) is 18.6 Å². The zero-order chi connectivity index (χ0) is 13.9. The van der Waals surface area contributed by atoms with Gasteiger partial charge < -0.3 is 9.84 Å². The van der Waals surface area contributed by atoms with Gasteiger partial charge in [0.15, 0.2) is 0 Å².